The molecule has 4 rings (SSSR count). The zero-order valence-electron chi connectivity index (χ0n) is 18.4. The Labute approximate surface area is 192 Å². The Kier molecular flexibility index (Phi) is 6.41. The zero-order chi connectivity index (χ0) is 22.7. The second-order valence-electron chi connectivity index (χ2n) is 7.20. The van der Waals surface area contributed by atoms with Crippen molar-refractivity contribution in [3.05, 3.63) is 52.7 Å². The molecule has 0 saturated carbocycles. The number of benzene rings is 2. The minimum Gasteiger partial charge on any atom is -0.497 e. The van der Waals surface area contributed by atoms with Crippen LogP contribution in [-0.4, -0.2) is 45.0 Å². The van der Waals surface area contributed by atoms with E-state index in [1.807, 2.05) is 12.1 Å². The monoisotopic (exact) mass is 456 g/mol. The summed E-state index contributed by atoms with van der Waals surface area (Å²) in [6, 6.07) is 11.6. The lowest BCUT2D eigenvalue weighted by atomic mass is 10.2. The van der Waals surface area contributed by atoms with Crippen LogP contribution < -0.4 is 29.2 Å². The van der Waals surface area contributed by atoms with E-state index in [9.17, 15) is 0 Å². The van der Waals surface area contributed by atoms with E-state index in [2.05, 4.69) is 27.3 Å². The molecule has 32 heavy (non-hydrogen) atoms. The van der Waals surface area contributed by atoms with Crippen LogP contribution in [0.25, 0.3) is 0 Å². The van der Waals surface area contributed by atoms with Gasteiger partial charge in [-0.3, -0.25) is 0 Å². The van der Waals surface area contributed by atoms with E-state index < -0.39 is 0 Å². The minimum absolute atomic E-state index is 0.393. The molecular formula is C23H25ClN4O4. The predicted octanol–water partition coefficient (Wildman–Crippen LogP) is 4.47. The van der Waals surface area contributed by atoms with E-state index >= 15 is 0 Å². The first-order valence-corrected chi connectivity index (χ1v) is 10.5. The highest BCUT2D eigenvalue weighted by Crippen LogP contribution is 2.41. The third kappa shape index (κ3) is 4.31. The molecule has 0 fully saturated rings. The van der Waals surface area contributed by atoms with Gasteiger partial charge in [0.25, 0.3) is 0 Å². The number of ether oxygens (including phenoxy) is 4. The Hall–Kier alpha value is -3.39. The third-order valence-corrected chi connectivity index (χ3v) is 5.63. The first kappa shape index (κ1) is 21.8. The van der Waals surface area contributed by atoms with E-state index in [4.69, 9.17) is 35.5 Å². The summed E-state index contributed by atoms with van der Waals surface area (Å²) in [5, 5.41) is 3.66. The Balaban J connectivity index is 1.61. The molecule has 0 spiro atoms. The van der Waals surface area contributed by atoms with Crippen LogP contribution in [0.2, 0.25) is 5.15 Å². The number of hydrogen-bond acceptors (Lipinski definition) is 8. The fourth-order valence-corrected chi connectivity index (χ4v) is 3.98. The summed E-state index contributed by atoms with van der Waals surface area (Å²) >= 11 is 6.51. The van der Waals surface area contributed by atoms with Crippen LogP contribution in [0.4, 0.5) is 17.5 Å². The molecule has 8 nitrogen and oxygen atoms in total. The largest absolute Gasteiger partial charge is 0.497 e. The number of rotatable bonds is 8. The van der Waals surface area contributed by atoms with Crippen LogP contribution in [0, 0.1) is 0 Å². The fraction of sp³-hybridized carbons (Fsp3) is 0.304. The minimum atomic E-state index is 0.393. The predicted molar refractivity (Wildman–Crippen MR) is 124 cm³/mol. The van der Waals surface area contributed by atoms with Gasteiger partial charge in [-0.2, -0.15) is 4.98 Å². The molecule has 0 amide bonds. The molecular weight excluding hydrogens is 432 g/mol. The zero-order valence-corrected chi connectivity index (χ0v) is 19.2. The molecule has 0 radical (unpaired) electrons. The molecule has 9 heteroatoms. The molecule has 168 valence electrons. The molecule has 1 aliphatic heterocycles. The van der Waals surface area contributed by atoms with Gasteiger partial charge in [-0.25, -0.2) is 4.98 Å². The number of nitrogens with zero attached hydrogens (tertiary/aromatic N) is 3. The molecule has 2 aromatic carbocycles. The van der Waals surface area contributed by atoms with Crippen molar-refractivity contribution < 1.29 is 18.9 Å². The third-order valence-electron chi connectivity index (χ3n) is 5.32. The summed E-state index contributed by atoms with van der Waals surface area (Å²) in [5.74, 6) is 3.63. The van der Waals surface area contributed by atoms with E-state index in [1.165, 1.54) is 0 Å². The van der Waals surface area contributed by atoms with Crippen LogP contribution in [0.15, 0.2) is 36.4 Å². The van der Waals surface area contributed by atoms with Crippen LogP contribution >= 0.6 is 11.6 Å². The summed E-state index contributed by atoms with van der Waals surface area (Å²) in [5.41, 5.74) is 2.80. The van der Waals surface area contributed by atoms with Crippen molar-refractivity contribution >= 4 is 29.1 Å². The number of anilines is 3. The molecule has 1 N–H and O–H groups in total. The van der Waals surface area contributed by atoms with Crippen molar-refractivity contribution in [1.82, 2.24) is 9.97 Å². The molecule has 0 bridgehead atoms. The quantitative estimate of drug-likeness (QED) is 0.497. The van der Waals surface area contributed by atoms with Gasteiger partial charge in [-0.1, -0.05) is 23.7 Å². The molecule has 0 saturated heterocycles. The van der Waals surface area contributed by atoms with Crippen molar-refractivity contribution in [3.63, 3.8) is 0 Å². The number of aromatic nitrogens is 2. The van der Waals surface area contributed by atoms with Crippen molar-refractivity contribution in [1.29, 1.82) is 0 Å². The van der Waals surface area contributed by atoms with Crippen molar-refractivity contribution in [2.24, 2.45) is 0 Å². The van der Waals surface area contributed by atoms with Gasteiger partial charge in [-0.05, 0) is 24.1 Å². The molecule has 1 aliphatic rings. The van der Waals surface area contributed by atoms with Gasteiger partial charge in [0.2, 0.25) is 11.7 Å². The maximum atomic E-state index is 6.51. The van der Waals surface area contributed by atoms with Gasteiger partial charge >= 0.3 is 0 Å². The van der Waals surface area contributed by atoms with E-state index in [-0.39, 0.29) is 0 Å². The smallest absolute Gasteiger partial charge is 0.230 e. The topological polar surface area (TPSA) is 78.0 Å². The summed E-state index contributed by atoms with van der Waals surface area (Å²) in [6.07, 6.45) is 0.800. The summed E-state index contributed by atoms with van der Waals surface area (Å²) in [4.78, 5) is 11.4. The lowest BCUT2D eigenvalue weighted by molar-refractivity contribution is 0.324. The lowest BCUT2D eigenvalue weighted by Gasteiger charge is -2.19. The van der Waals surface area contributed by atoms with Crippen molar-refractivity contribution in [2.75, 3.05) is 45.2 Å². The van der Waals surface area contributed by atoms with Crippen LogP contribution in [0.5, 0.6) is 23.0 Å². The number of halogens is 1. The summed E-state index contributed by atoms with van der Waals surface area (Å²) in [6.45, 7) is 1.54. The Bertz CT molecular complexity index is 1080. The van der Waals surface area contributed by atoms with Gasteiger partial charge in [0.15, 0.2) is 11.5 Å². The molecule has 0 atom stereocenters. The van der Waals surface area contributed by atoms with Gasteiger partial charge < -0.3 is 29.2 Å². The van der Waals surface area contributed by atoms with E-state index in [1.54, 1.807) is 40.6 Å². The Morgan fingerprint density at radius 2 is 1.62 bits per heavy atom. The fourth-order valence-electron chi connectivity index (χ4n) is 3.72. The standard InChI is InChI=1S/C23H25ClN4O4/c1-29-16-7-5-14(6-8-16)13-28-10-9-17-21(24)26-23(27-22(17)28)25-15-11-18(30-2)20(32-4)19(12-15)31-3/h5-8,11-12H,9-10,13H2,1-4H3,(H,25,26,27). The number of methoxy groups -OCH3 is 4. The van der Waals surface area contributed by atoms with Gasteiger partial charge in [0, 0.05) is 36.5 Å². The molecule has 3 aromatic rings. The highest BCUT2D eigenvalue weighted by Gasteiger charge is 2.25. The maximum absolute atomic E-state index is 6.51. The van der Waals surface area contributed by atoms with Crippen LogP contribution in [0.3, 0.4) is 0 Å². The molecule has 2 heterocycles. The van der Waals surface area contributed by atoms with Crippen molar-refractivity contribution in [3.8, 4) is 23.0 Å². The number of nitrogens with one attached hydrogen (secondary N) is 1. The number of hydrogen-bond donors (Lipinski definition) is 1. The summed E-state index contributed by atoms with van der Waals surface area (Å²) in [7, 11) is 6.36. The summed E-state index contributed by atoms with van der Waals surface area (Å²) < 4.78 is 21.5. The van der Waals surface area contributed by atoms with E-state index in [0.717, 1.165) is 35.7 Å². The Morgan fingerprint density at radius 1 is 0.938 bits per heavy atom. The SMILES string of the molecule is COc1ccc(CN2CCc3c(Cl)nc(Nc4cc(OC)c(OC)c(OC)c4)nc32)cc1. The highest BCUT2D eigenvalue weighted by atomic mass is 35.5. The molecule has 0 unspecified atom stereocenters. The molecule has 1 aromatic heterocycles. The second kappa shape index (κ2) is 9.40. The van der Waals surface area contributed by atoms with E-state index in [0.29, 0.717) is 40.6 Å². The van der Waals surface area contributed by atoms with Crippen LogP contribution in [-0.2, 0) is 13.0 Å². The average Bonchev–Trinajstić information content (AvgIpc) is 3.21. The van der Waals surface area contributed by atoms with Gasteiger partial charge in [0.1, 0.15) is 16.7 Å². The van der Waals surface area contributed by atoms with Gasteiger partial charge in [-0.15, -0.1) is 0 Å². The second-order valence-corrected chi connectivity index (χ2v) is 7.56. The first-order chi connectivity index (χ1) is 15.6. The number of fused-ring (bicyclic) bond motifs is 1. The first-order valence-electron chi connectivity index (χ1n) is 10.1. The maximum Gasteiger partial charge on any atom is 0.230 e. The highest BCUT2D eigenvalue weighted by molar-refractivity contribution is 6.30. The normalized spacial score (nSPS) is 12.3. The van der Waals surface area contributed by atoms with Gasteiger partial charge in [0.05, 0.1) is 28.4 Å². The molecule has 0 aliphatic carbocycles. The van der Waals surface area contributed by atoms with Crippen molar-refractivity contribution in [2.45, 2.75) is 13.0 Å². The lowest BCUT2D eigenvalue weighted by Crippen LogP contribution is -2.20. The average molecular weight is 457 g/mol. The Morgan fingerprint density at radius 3 is 2.22 bits per heavy atom. The van der Waals surface area contributed by atoms with Crippen LogP contribution in [0.1, 0.15) is 11.1 Å².